The van der Waals surface area contributed by atoms with Gasteiger partial charge in [0.15, 0.2) is 6.04 Å². The van der Waals surface area contributed by atoms with Gasteiger partial charge in [-0.25, -0.2) is 9.59 Å². The summed E-state index contributed by atoms with van der Waals surface area (Å²) in [4.78, 5) is 26.7. The van der Waals surface area contributed by atoms with Gasteiger partial charge in [0.05, 0.1) is 6.10 Å². The van der Waals surface area contributed by atoms with Crippen molar-refractivity contribution in [2.45, 2.75) is 38.5 Å². The first kappa shape index (κ1) is 15.7. The number of aliphatic hydroxyl groups excluding tert-OH is 1. The second kappa shape index (κ2) is 5.75. The Morgan fingerprint density at radius 2 is 1.89 bits per heavy atom. The molecule has 1 rings (SSSR count). The van der Waals surface area contributed by atoms with Crippen molar-refractivity contribution in [1.82, 2.24) is 15.1 Å². The number of carboxylic acid groups (broad SMARTS) is 1. The van der Waals surface area contributed by atoms with Crippen LogP contribution in [-0.2, 0) is 4.79 Å². The van der Waals surface area contributed by atoms with Crippen LogP contribution in [0.1, 0.15) is 20.8 Å². The summed E-state index contributed by atoms with van der Waals surface area (Å²) < 4.78 is 0. The number of hydrogen-bond donors (Lipinski definition) is 3. The van der Waals surface area contributed by atoms with E-state index in [0.29, 0.717) is 13.1 Å². The predicted molar refractivity (Wildman–Crippen MR) is 69.9 cm³/mol. The van der Waals surface area contributed by atoms with Crippen LogP contribution >= 0.6 is 0 Å². The molecule has 1 aliphatic rings. The van der Waals surface area contributed by atoms with E-state index in [-0.39, 0.29) is 5.54 Å². The fourth-order valence-electron chi connectivity index (χ4n) is 2.03. The third kappa shape index (κ3) is 3.81. The molecule has 0 aromatic carbocycles. The molecule has 1 heterocycles. The minimum atomic E-state index is -1.28. The van der Waals surface area contributed by atoms with Gasteiger partial charge in [-0.1, -0.05) is 0 Å². The van der Waals surface area contributed by atoms with Gasteiger partial charge in [-0.05, 0) is 27.8 Å². The van der Waals surface area contributed by atoms with Crippen LogP contribution in [0.2, 0.25) is 0 Å². The smallest absolute Gasteiger partial charge is 0.328 e. The summed E-state index contributed by atoms with van der Waals surface area (Å²) >= 11 is 0. The number of carboxylic acids is 1. The van der Waals surface area contributed by atoms with Gasteiger partial charge in [-0.3, -0.25) is 4.90 Å². The van der Waals surface area contributed by atoms with Crippen molar-refractivity contribution in [3.05, 3.63) is 0 Å². The van der Waals surface area contributed by atoms with E-state index in [9.17, 15) is 14.7 Å². The van der Waals surface area contributed by atoms with E-state index in [1.165, 1.54) is 6.92 Å². The number of urea groups is 1. The fraction of sp³-hybridized carbons (Fsp3) is 0.833. The number of carbonyl (C=O) groups is 2. The van der Waals surface area contributed by atoms with E-state index in [4.69, 9.17) is 5.11 Å². The standard InChI is InChI=1S/C12H23N3O4/c1-8(16)9(10(17)18)13-11(19)15-6-5-14(4)12(2,3)7-15/h8-9,16H,5-7H2,1-4H3,(H,13,19)(H,17,18)/t8-,9+/m1/s1. The first-order valence-corrected chi connectivity index (χ1v) is 6.32. The molecule has 0 unspecified atom stereocenters. The van der Waals surface area contributed by atoms with Crippen molar-refractivity contribution in [1.29, 1.82) is 0 Å². The Labute approximate surface area is 113 Å². The van der Waals surface area contributed by atoms with E-state index in [0.717, 1.165) is 6.54 Å². The summed E-state index contributed by atoms with van der Waals surface area (Å²) in [5, 5.41) is 20.6. The largest absolute Gasteiger partial charge is 0.480 e. The zero-order chi connectivity index (χ0) is 14.8. The van der Waals surface area contributed by atoms with Crippen molar-refractivity contribution in [3.63, 3.8) is 0 Å². The van der Waals surface area contributed by atoms with Crippen LogP contribution in [0.5, 0.6) is 0 Å². The molecule has 0 spiro atoms. The molecule has 2 atom stereocenters. The maximum absolute atomic E-state index is 12.0. The quantitative estimate of drug-likeness (QED) is 0.648. The monoisotopic (exact) mass is 273 g/mol. The van der Waals surface area contributed by atoms with Gasteiger partial charge in [0, 0.05) is 25.2 Å². The van der Waals surface area contributed by atoms with Crippen LogP contribution in [0, 0.1) is 0 Å². The summed E-state index contributed by atoms with van der Waals surface area (Å²) in [7, 11) is 1.99. The fourth-order valence-corrected chi connectivity index (χ4v) is 2.03. The second-order valence-corrected chi connectivity index (χ2v) is 5.66. The number of amides is 2. The molecular formula is C12H23N3O4. The Morgan fingerprint density at radius 3 is 2.32 bits per heavy atom. The van der Waals surface area contributed by atoms with Crippen LogP contribution in [0.25, 0.3) is 0 Å². The number of aliphatic carboxylic acids is 1. The number of hydrogen-bond acceptors (Lipinski definition) is 4. The normalized spacial score (nSPS) is 22.7. The van der Waals surface area contributed by atoms with Crippen molar-refractivity contribution in [2.75, 3.05) is 26.7 Å². The van der Waals surface area contributed by atoms with E-state index >= 15 is 0 Å². The molecule has 2 amide bonds. The Bertz CT molecular complexity index is 357. The molecule has 19 heavy (non-hydrogen) atoms. The number of piperazine rings is 1. The van der Waals surface area contributed by atoms with Crippen LogP contribution in [0.4, 0.5) is 4.79 Å². The average molecular weight is 273 g/mol. The van der Waals surface area contributed by atoms with Crippen molar-refractivity contribution >= 4 is 12.0 Å². The molecule has 0 saturated carbocycles. The van der Waals surface area contributed by atoms with E-state index in [2.05, 4.69) is 10.2 Å². The summed E-state index contributed by atoms with van der Waals surface area (Å²) in [5.41, 5.74) is -0.154. The van der Waals surface area contributed by atoms with Gasteiger partial charge in [0.1, 0.15) is 0 Å². The number of rotatable bonds is 3. The van der Waals surface area contributed by atoms with Gasteiger partial charge in [0.2, 0.25) is 0 Å². The Kier molecular flexibility index (Phi) is 4.75. The molecule has 3 N–H and O–H groups in total. The van der Waals surface area contributed by atoms with E-state index in [1.54, 1.807) is 4.90 Å². The summed E-state index contributed by atoms with van der Waals surface area (Å²) in [6, 6.07) is -1.73. The zero-order valence-corrected chi connectivity index (χ0v) is 11.9. The molecule has 7 nitrogen and oxygen atoms in total. The summed E-state index contributed by atoms with van der Waals surface area (Å²) in [5.74, 6) is -1.24. The number of nitrogens with zero attached hydrogens (tertiary/aromatic N) is 2. The van der Waals surface area contributed by atoms with Crippen LogP contribution in [0.3, 0.4) is 0 Å². The molecule has 110 valence electrons. The highest BCUT2D eigenvalue weighted by molar-refractivity contribution is 5.83. The lowest BCUT2D eigenvalue weighted by Gasteiger charge is -2.45. The van der Waals surface area contributed by atoms with Gasteiger partial charge in [-0.15, -0.1) is 0 Å². The lowest BCUT2D eigenvalue weighted by Crippen LogP contribution is -2.62. The average Bonchev–Trinajstić information content (AvgIpc) is 2.28. The molecule has 1 fully saturated rings. The minimum Gasteiger partial charge on any atom is -0.480 e. The lowest BCUT2D eigenvalue weighted by atomic mass is 10.00. The van der Waals surface area contributed by atoms with Gasteiger partial charge in [0.25, 0.3) is 0 Å². The zero-order valence-electron chi connectivity index (χ0n) is 11.9. The number of likely N-dealkylation sites (N-methyl/N-ethyl adjacent to an activating group) is 1. The molecule has 0 aromatic heterocycles. The highest BCUT2D eigenvalue weighted by Crippen LogP contribution is 2.18. The second-order valence-electron chi connectivity index (χ2n) is 5.66. The summed E-state index contributed by atoms with van der Waals surface area (Å²) in [6.45, 7) is 7.17. The van der Waals surface area contributed by atoms with Crippen molar-refractivity contribution < 1.29 is 19.8 Å². The maximum Gasteiger partial charge on any atom is 0.328 e. The topological polar surface area (TPSA) is 93.1 Å². The highest BCUT2D eigenvalue weighted by atomic mass is 16.4. The molecule has 1 aliphatic heterocycles. The first-order chi connectivity index (χ1) is 8.65. The lowest BCUT2D eigenvalue weighted by molar-refractivity contribution is -0.141. The summed E-state index contributed by atoms with van der Waals surface area (Å²) in [6.07, 6.45) is -1.14. The molecular weight excluding hydrogens is 250 g/mol. The predicted octanol–water partition coefficient (Wildman–Crippen LogP) is -0.444. The van der Waals surface area contributed by atoms with Crippen LogP contribution < -0.4 is 5.32 Å². The molecule has 1 saturated heterocycles. The Balaban J connectivity index is 2.66. The highest BCUT2D eigenvalue weighted by Gasteiger charge is 2.35. The van der Waals surface area contributed by atoms with Gasteiger partial charge in [-0.2, -0.15) is 0 Å². The van der Waals surface area contributed by atoms with Gasteiger partial charge < -0.3 is 20.4 Å². The third-order valence-electron chi connectivity index (χ3n) is 3.63. The Morgan fingerprint density at radius 1 is 1.32 bits per heavy atom. The molecule has 0 aromatic rings. The molecule has 0 bridgehead atoms. The van der Waals surface area contributed by atoms with E-state index in [1.807, 2.05) is 20.9 Å². The van der Waals surface area contributed by atoms with Crippen LogP contribution in [0.15, 0.2) is 0 Å². The maximum atomic E-state index is 12.0. The number of carbonyl (C=O) groups excluding carboxylic acids is 1. The van der Waals surface area contributed by atoms with Crippen LogP contribution in [-0.4, -0.2) is 76.4 Å². The molecule has 0 aliphatic carbocycles. The number of aliphatic hydroxyl groups is 1. The first-order valence-electron chi connectivity index (χ1n) is 6.32. The van der Waals surface area contributed by atoms with Crippen molar-refractivity contribution in [3.8, 4) is 0 Å². The minimum absolute atomic E-state index is 0.154. The van der Waals surface area contributed by atoms with Crippen molar-refractivity contribution in [2.24, 2.45) is 0 Å². The Hall–Kier alpha value is -1.34. The van der Waals surface area contributed by atoms with E-state index < -0.39 is 24.1 Å². The number of nitrogens with one attached hydrogen (secondary N) is 1. The molecule has 7 heteroatoms. The third-order valence-corrected chi connectivity index (χ3v) is 3.63. The van der Waals surface area contributed by atoms with Gasteiger partial charge >= 0.3 is 12.0 Å². The SMILES string of the molecule is C[C@@H](O)[C@H](NC(=O)N1CCN(C)C(C)(C)C1)C(=O)O. The molecule has 0 radical (unpaired) electrons.